The monoisotopic (exact) mass is 344 g/mol. The fraction of sp³-hybridized carbons (Fsp3) is 0.471. The van der Waals surface area contributed by atoms with Gasteiger partial charge in [0.1, 0.15) is 5.69 Å². The molecule has 0 aromatic carbocycles. The number of carbonyl (C=O) groups excluding carboxylic acids is 2. The Hall–Kier alpha value is -2.15. The molecule has 2 aromatic heterocycles. The van der Waals surface area contributed by atoms with Crippen molar-refractivity contribution in [3.05, 3.63) is 40.3 Å². The molecule has 2 amide bonds. The van der Waals surface area contributed by atoms with Crippen LogP contribution in [-0.2, 0) is 6.54 Å². The minimum absolute atomic E-state index is 0.0249. The van der Waals surface area contributed by atoms with E-state index in [0.717, 1.165) is 24.3 Å². The van der Waals surface area contributed by atoms with Crippen LogP contribution in [0.5, 0.6) is 0 Å². The van der Waals surface area contributed by atoms with Crippen LogP contribution in [0.4, 0.5) is 0 Å². The number of nitrogens with one attached hydrogen (secondary N) is 1. The summed E-state index contributed by atoms with van der Waals surface area (Å²) >= 11 is 1.44. The van der Waals surface area contributed by atoms with E-state index in [-0.39, 0.29) is 23.9 Å². The van der Waals surface area contributed by atoms with Gasteiger partial charge in [-0.25, -0.2) is 0 Å². The maximum absolute atomic E-state index is 12.9. The zero-order valence-electron chi connectivity index (χ0n) is 13.5. The molecule has 6 nitrogen and oxygen atoms in total. The molecule has 3 unspecified atom stereocenters. The number of rotatable bonds is 4. The van der Waals surface area contributed by atoms with Crippen molar-refractivity contribution in [3.8, 4) is 0 Å². The highest BCUT2D eigenvalue weighted by atomic mass is 32.1. The van der Waals surface area contributed by atoms with Crippen LogP contribution >= 0.6 is 11.3 Å². The Morgan fingerprint density at radius 1 is 1.38 bits per heavy atom. The maximum atomic E-state index is 12.9. The van der Waals surface area contributed by atoms with Gasteiger partial charge < -0.3 is 10.2 Å². The number of likely N-dealkylation sites (tertiary alicyclic amines) is 1. The third-order valence-corrected chi connectivity index (χ3v) is 5.91. The van der Waals surface area contributed by atoms with Crippen molar-refractivity contribution >= 4 is 23.2 Å². The van der Waals surface area contributed by atoms with Crippen molar-refractivity contribution in [2.75, 3.05) is 6.54 Å². The van der Waals surface area contributed by atoms with Crippen molar-refractivity contribution in [3.63, 3.8) is 0 Å². The summed E-state index contributed by atoms with van der Waals surface area (Å²) in [6, 6.07) is 5.61. The Bertz CT molecular complexity index is 754. The standard InChI is InChI=1S/C17H20N4O2S/c1-2-21-13(5-6-18-21)17(23)20-10-11-8-12(14(20)9-11)19-16(22)15-4-3-7-24-15/h3-7,11-12,14H,2,8-10H2,1H3,(H,19,22). The maximum Gasteiger partial charge on any atom is 0.272 e. The molecular weight excluding hydrogens is 324 g/mol. The lowest BCUT2D eigenvalue weighted by Gasteiger charge is -2.33. The summed E-state index contributed by atoms with van der Waals surface area (Å²) in [5.74, 6) is 0.469. The Kier molecular flexibility index (Phi) is 3.88. The summed E-state index contributed by atoms with van der Waals surface area (Å²) in [6.07, 6.45) is 3.60. The Morgan fingerprint density at radius 3 is 2.96 bits per heavy atom. The van der Waals surface area contributed by atoms with Gasteiger partial charge in [0.2, 0.25) is 0 Å². The van der Waals surface area contributed by atoms with Gasteiger partial charge in [0.25, 0.3) is 11.8 Å². The number of fused-ring (bicyclic) bond motifs is 2. The zero-order chi connectivity index (χ0) is 16.7. The molecule has 1 aliphatic heterocycles. The summed E-state index contributed by atoms with van der Waals surface area (Å²) in [5.41, 5.74) is 0.633. The predicted octanol–water partition coefficient (Wildman–Crippen LogP) is 2.00. The van der Waals surface area contributed by atoms with Crippen LogP contribution in [-0.4, -0.2) is 45.1 Å². The van der Waals surface area contributed by atoms with Gasteiger partial charge in [-0.3, -0.25) is 14.3 Å². The van der Waals surface area contributed by atoms with Gasteiger partial charge in [0, 0.05) is 25.3 Å². The number of amides is 2. The van der Waals surface area contributed by atoms with Gasteiger partial charge >= 0.3 is 0 Å². The first-order valence-electron chi connectivity index (χ1n) is 8.34. The van der Waals surface area contributed by atoms with E-state index in [1.165, 1.54) is 11.3 Å². The molecule has 0 radical (unpaired) electrons. The van der Waals surface area contributed by atoms with E-state index in [0.29, 0.717) is 18.2 Å². The molecule has 3 heterocycles. The summed E-state index contributed by atoms with van der Waals surface area (Å²) in [5, 5.41) is 9.22. The number of aromatic nitrogens is 2. The Labute approximate surface area is 144 Å². The molecule has 2 aliphatic rings. The minimum Gasteiger partial charge on any atom is -0.347 e. The van der Waals surface area contributed by atoms with Crippen molar-refractivity contribution in [2.24, 2.45) is 5.92 Å². The van der Waals surface area contributed by atoms with E-state index >= 15 is 0 Å². The van der Waals surface area contributed by atoms with Crippen LogP contribution in [0, 0.1) is 5.92 Å². The van der Waals surface area contributed by atoms with Crippen LogP contribution in [0.1, 0.15) is 39.9 Å². The number of nitrogens with zero attached hydrogens (tertiary/aromatic N) is 3. The minimum atomic E-state index is -0.0338. The first-order chi connectivity index (χ1) is 11.7. The fourth-order valence-corrected chi connectivity index (χ4v) is 4.60. The molecule has 126 valence electrons. The van der Waals surface area contributed by atoms with E-state index in [1.807, 2.05) is 29.3 Å². The number of hydrogen-bond acceptors (Lipinski definition) is 4. The summed E-state index contributed by atoms with van der Waals surface area (Å²) in [6.45, 7) is 3.43. The van der Waals surface area contributed by atoms with Gasteiger partial charge in [-0.1, -0.05) is 6.07 Å². The third-order valence-electron chi connectivity index (χ3n) is 5.04. The molecule has 2 bridgehead atoms. The second-order valence-electron chi connectivity index (χ2n) is 6.45. The van der Waals surface area contributed by atoms with Crippen molar-refractivity contribution < 1.29 is 9.59 Å². The summed E-state index contributed by atoms with van der Waals surface area (Å²) < 4.78 is 1.73. The highest BCUT2D eigenvalue weighted by Crippen LogP contribution is 2.38. The van der Waals surface area contributed by atoms with Crippen LogP contribution < -0.4 is 5.32 Å². The molecule has 0 spiro atoms. The van der Waals surface area contributed by atoms with E-state index in [9.17, 15) is 9.59 Å². The lowest BCUT2D eigenvalue weighted by atomic mass is 10.0. The van der Waals surface area contributed by atoms with Crippen LogP contribution in [0.3, 0.4) is 0 Å². The van der Waals surface area contributed by atoms with Gasteiger partial charge in [-0.15, -0.1) is 11.3 Å². The zero-order valence-corrected chi connectivity index (χ0v) is 14.3. The average Bonchev–Trinajstić information content (AvgIpc) is 3.36. The lowest BCUT2D eigenvalue weighted by molar-refractivity contribution is 0.0637. The van der Waals surface area contributed by atoms with Gasteiger partial charge in [-0.2, -0.15) is 5.10 Å². The van der Waals surface area contributed by atoms with E-state index in [1.54, 1.807) is 16.9 Å². The number of aryl methyl sites for hydroxylation is 1. The molecule has 1 N–H and O–H groups in total. The van der Waals surface area contributed by atoms with E-state index in [4.69, 9.17) is 0 Å². The van der Waals surface area contributed by atoms with Crippen molar-refractivity contribution in [1.82, 2.24) is 20.0 Å². The van der Waals surface area contributed by atoms with Crippen LogP contribution in [0.25, 0.3) is 0 Å². The number of piperidine rings is 1. The molecule has 2 fully saturated rings. The first kappa shape index (κ1) is 15.4. The molecule has 2 aromatic rings. The average molecular weight is 344 g/mol. The second-order valence-corrected chi connectivity index (χ2v) is 7.40. The highest BCUT2D eigenvalue weighted by Gasteiger charge is 2.48. The number of carbonyl (C=O) groups is 2. The molecule has 1 saturated carbocycles. The van der Waals surface area contributed by atoms with Crippen molar-refractivity contribution in [1.29, 1.82) is 0 Å². The molecular formula is C17H20N4O2S. The third kappa shape index (κ3) is 2.53. The molecule has 4 rings (SSSR count). The number of hydrogen-bond donors (Lipinski definition) is 1. The van der Waals surface area contributed by atoms with Crippen molar-refractivity contribution in [2.45, 2.75) is 38.4 Å². The molecule has 3 atom stereocenters. The highest BCUT2D eigenvalue weighted by molar-refractivity contribution is 7.12. The van der Waals surface area contributed by atoms with E-state index < -0.39 is 0 Å². The normalized spacial score (nSPS) is 25.2. The lowest BCUT2D eigenvalue weighted by Crippen LogP contribution is -2.52. The van der Waals surface area contributed by atoms with Crippen LogP contribution in [0.15, 0.2) is 29.8 Å². The molecule has 1 aliphatic carbocycles. The Balaban J connectivity index is 1.49. The second kappa shape index (κ2) is 6.05. The molecule has 1 saturated heterocycles. The predicted molar refractivity (Wildman–Crippen MR) is 91.0 cm³/mol. The molecule has 7 heteroatoms. The smallest absolute Gasteiger partial charge is 0.272 e. The fourth-order valence-electron chi connectivity index (χ4n) is 3.97. The largest absolute Gasteiger partial charge is 0.347 e. The molecule has 24 heavy (non-hydrogen) atoms. The first-order valence-corrected chi connectivity index (χ1v) is 9.22. The number of thiophene rings is 1. The summed E-state index contributed by atoms with van der Waals surface area (Å²) in [7, 11) is 0. The van der Waals surface area contributed by atoms with E-state index in [2.05, 4.69) is 10.4 Å². The quantitative estimate of drug-likeness (QED) is 0.922. The van der Waals surface area contributed by atoms with Gasteiger partial charge in [0.15, 0.2) is 0 Å². The van der Waals surface area contributed by atoms with Gasteiger partial charge in [-0.05, 0) is 43.2 Å². The topological polar surface area (TPSA) is 67.2 Å². The van der Waals surface area contributed by atoms with Crippen LogP contribution in [0.2, 0.25) is 0 Å². The SMILES string of the molecule is CCn1nccc1C(=O)N1CC2CC(NC(=O)c3cccs3)C1C2. The summed E-state index contributed by atoms with van der Waals surface area (Å²) in [4.78, 5) is 27.9. The Morgan fingerprint density at radius 2 is 2.25 bits per heavy atom. The van der Waals surface area contributed by atoms with Gasteiger partial charge in [0.05, 0.1) is 10.9 Å².